The summed E-state index contributed by atoms with van der Waals surface area (Å²) in [5.74, 6) is -0.158. The molecule has 132 valence electrons. The van der Waals surface area contributed by atoms with Crippen molar-refractivity contribution in [2.45, 2.75) is 0 Å². The average molecular weight is 375 g/mol. The van der Waals surface area contributed by atoms with Crippen molar-refractivity contribution in [1.82, 2.24) is 0 Å². The zero-order valence-electron chi connectivity index (χ0n) is 14.2. The monoisotopic (exact) mass is 374 g/mol. The summed E-state index contributed by atoms with van der Waals surface area (Å²) in [4.78, 5) is 11.3. The van der Waals surface area contributed by atoms with Gasteiger partial charge in [0.2, 0.25) is 0 Å². The van der Waals surface area contributed by atoms with Gasteiger partial charge in [-0.1, -0.05) is 66.2 Å². The smallest absolute Gasteiger partial charge is 0.336 e. The summed E-state index contributed by atoms with van der Waals surface area (Å²) >= 11 is 6.02. The molecule has 0 aliphatic rings. The second-order valence-electron chi connectivity index (χ2n) is 6.14. The van der Waals surface area contributed by atoms with Crippen molar-refractivity contribution in [1.29, 1.82) is 0 Å². The summed E-state index contributed by atoms with van der Waals surface area (Å²) in [5, 5.41) is 10.9. The number of halogens is 1. The van der Waals surface area contributed by atoms with Crippen LogP contribution >= 0.6 is 11.6 Å². The van der Waals surface area contributed by atoms with Gasteiger partial charge in [0, 0.05) is 16.0 Å². The Morgan fingerprint density at radius 1 is 0.926 bits per heavy atom. The Kier molecular flexibility index (Phi) is 4.53. The van der Waals surface area contributed by atoms with Crippen molar-refractivity contribution in [2.24, 2.45) is 0 Å². The highest BCUT2D eigenvalue weighted by Crippen LogP contribution is 2.29. The fourth-order valence-corrected chi connectivity index (χ4v) is 3.12. The van der Waals surface area contributed by atoms with Crippen molar-refractivity contribution >= 4 is 40.7 Å². The van der Waals surface area contributed by atoms with Crippen LogP contribution in [0.2, 0.25) is 5.02 Å². The molecule has 4 heteroatoms. The van der Waals surface area contributed by atoms with Crippen LogP contribution < -0.4 is 0 Å². The molecule has 0 saturated carbocycles. The number of benzene rings is 3. The molecule has 4 aromatic rings. The van der Waals surface area contributed by atoms with Crippen LogP contribution in [0.15, 0.2) is 77.2 Å². The molecule has 0 saturated heterocycles. The first-order valence-corrected chi connectivity index (χ1v) is 8.78. The van der Waals surface area contributed by atoms with Gasteiger partial charge in [0.05, 0.1) is 5.56 Å². The van der Waals surface area contributed by atoms with Gasteiger partial charge in [-0.2, -0.15) is 0 Å². The van der Waals surface area contributed by atoms with Crippen LogP contribution in [0.4, 0.5) is 0 Å². The molecule has 3 nitrogen and oxygen atoms in total. The van der Waals surface area contributed by atoms with Crippen LogP contribution in [0.25, 0.3) is 34.4 Å². The van der Waals surface area contributed by atoms with Gasteiger partial charge in [-0.3, -0.25) is 0 Å². The summed E-state index contributed by atoms with van der Waals surface area (Å²) < 4.78 is 5.88. The average Bonchev–Trinajstić information content (AvgIpc) is 3.10. The fraction of sp³-hybridized carbons (Fsp3) is 0. The second-order valence-corrected chi connectivity index (χ2v) is 6.58. The fourth-order valence-electron chi connectivity index (χ4n) is 2.94. The lowest BCUT2D eigenvalue weighted by atomic mass is 10.0. The molecule has 0 radical (unpaired) electrons. The number of aromatic carboxylic acids is 1. The number of hydrogen-bond acceptors (Lipinski definition) is 2. The third-order valence-electron chi connectivity index (χ3n) is 4.32. The lowest BCUT2D eigenvalue weighted by Crippen LogP contribution is -1.98. The molecule has 0 amide bonds. The van der Waals surface area contributed by atoms with Gasteiger partial charge in [0.25, 0.3) is 0 Å². The highest BCUT2D eigenvalue weighted by atomic mass is 35.5. The van der Waals surface area contributed by atoms with E-state index >= 15 is 0 Å². The third kappa shape index (κ3) is 3.64. The van der Waals surface area contributed by atoms with Gasteiger partial charge in [0.1, 0.15) is 11.3 Å². The van der Waals surface area contributed by atoms with Crippen LogP contribution in [0.5, 0.6) is 0 Å². The Labute approximate surface area is 161 Å². The van der Waals surface area contributed by atoms with Crippen molar-refractivity contribution in [3.8, 4) is 11.3 Å². The number of carboxylic acids is 1. The minimum Gasteiger partial charge on any atom is -0.478 e. The normalized spacial score (nSPS) is 11.3. The molecule has 1 N–H and O–H groups in total. The first-order valence-electron chi connectivity index (χ1n) is 8.40. The van der Waals surface area contributed by atoms with Crippen molar-refractivity contribution in [3.63, 3.8) is 0 Å². The SMILES string of the molecule is O=C(O)c1ccccc1/C=C/c1ccc(-c2cc3cc(Cl)ccc3o2)cc1. The Morgan fingerprint density at radius 2 is 1.70 bits per heavy atom. The van der Waals surface area contributed by atoms with E-state index in [1.165, 1.54) is 0 Å². The van der Waals surface area contributed by atoms with E-state index in [1.54, 1.807) is 24.3 Å². The molecule has 0 atom stereocenters. The van der Waals surface area contributed by atoms with E-state index in [9.17, 15) is 9.90 Å². The first kappa shape index (κ1) is 17.1. The van der Waals surface area contributed by atoms with E-state index in [0.717, 1.165) is 27.9 Å². The number of carboxylic acid groups (broad SMARTS) is 1. The summed E-state index contributed by atoms with van der Waals surface area (Å²) in [7, 11) is 0. The quantitative estimate of drug-likeness (QED) is 0.408. The topological polar surface area (TPSA) is 50.4 Å². The van der Waals surface area contributed by atoms with Crippen molar-refractivity contribution < 1.29 is 14.3 Å². The Morgan fingerprint density at radius 3 is 2.48 bits per heavy atom. The molecule has 0 bridgehead atoms. The van der Waals surface area contributed by atoms with Crippen LogP contribution in [0.1, 0.15) is 21.5 Å². The Balaban J connectivity index is 1.59. The number of carbonyl (C=O) groups is 1. The van der Waals surface area contributed by atoms with Crippen LogP contribution in [0, 0.1) is 0 Å². The van der Waals surface area contributed by atoms with E-state index in [-0.39, 0.29) is 5.56 Å². The molecule has 0 spiro atoms. The van der Waals surface area contributed by atoms with Crippen LogP contribution in [0.3, 0.4) is 0 Å². The van der Waals surface area contributed by atoms with Crippen LogP contribution in [-0.4, -0.2) is 11.1 Å². The van der Waals surface area contributed by atoms with Gasteiger partial charge in [-0.25, -0.2) is 4.79 Å². The van der Waals surface area contributed by atoms with Gasteiger partial charge >= 0.3 is 5.97 Å². The zero-order chi connectivity index (χ0) is 18.8. The van der Waals surface area contributed by atoms with Crippen LogP contribution in [-0.2, 0) is 0 Å². The molecular weight excluding hydrogens is 360 g/mol. The zero-order valence-corrected chi connectivity index (χ0v) is 15.0. The molecule has 0 fully saturated rings. The molecule has 4 rings (SSSR count). The van der Waals surface area contributed by atoms with Gasteiger partial charge in [-0.05, 0) is 41.5 Å². The minimum absolute atomic E-state index is 0.284. The Hall–Kier alpha value is -3.30. The van der Waals surface area contributed by atoms with E-state index < -0.39 is 5.97 Å². The highest BCUT2D eigenvalue weighted by Gasteiger charge is 2.07. The van der Waals surface area contributed by atoms with Crippen molar-refractivity contribution in [2.75, 3.05) is 0 Å². The summed E-state index contributed by atoms with van der Waals surface area (Å²) in [6.07, 6.45) is 3.70. The molecule has 0 aliphatic heterocycles. The Bertz CT molecular complexity index is 1150. The molecule has 27 heavy (non-hydrogen) atoms. The molecule has 0 unspecified atom stereocenters. The van der Waals surface area contributed by atoms with E-state index in [2.05, 4.69) is 0 Å². The highest BCUT2D eigenvalue weighted by molar-refractivity contribution is 6.31. The number of fused-ring (bicyclic) bond motifs is 1. The lowest BCUT2D eigenvalue weighted by molar-refractivity contribution is 0.0696. The predicted molar refractivity (Wildman–Crippen MR) is 109 cm³/mol. The molecule has 0 aliphatic carbocycles. The summed E-state index contributed by atoms with van der Waals surface area (Å²) in [6.45, 7) is 0. The maximum absolute atomic E-state index is 11.3. The number of rotatable bonds is 4. The predicted octanol–water partition coefficient (Wildman–Crippen LogP) is 6.62. The maximum Gasteiger partial charge on any atom is 0.336 e. The summed E-state index contributed by atoms with van der Waals surface area (Å²) in [5.41, 5.74) is 3.68. The van der Waals surface area contributed by atoms with E-state index in [0.29, 0.717) is 10.6 Å². The molecular formula is C23H15ClO3. The summed E-state index contributed by atoms with van der Waals surface area (Å²) in [6, 6.07) is 22.3. The lowest BCUT2D eigenvalue weighted by Gasteiger charge is -2.01. The molecule has 1 aromatic heterocycles. The maximum atomic E-state index is 11.3. The standard InChI is InChI=1S/C23H15ClO3/c24-19-11-12-21-18(13-19)14-22(27-21)17-9-6-15(7-10-17)5-8-16-3-1-2-4-20(16)23(25)26/h1-14H,(H,25,26)/b8-5+. The molecule has 3 aromatic carbocycles. The minimum atomic E-state index is -0.935. The first-order chi connectivity index (χ1) is 13.1. The van der Waals surface area contributed by atoms with Gasteiger partial charge < -0.3 is 9.52 Å². The second kappa shape index (κ2) is 7.14. The number of furan rings is 1. The largest absolute Gasteiger partial charge is 0.478 e. The molecule has 1 heterocycles. The van der Waals surface area contributed by atoms with E-state index in [4.69, 9.17) is 16.0 Å². The number of hydrogen-bond donors (Lipinski definition) is 1. The van der Waals surface area contributed by atoms with E-state index in [1.807, 2.05) is 60.7 Å². The van der Waals surface area contributed by atoms with Crippen molar-refractivity contribution in [3.05, 3.63) is 94.5 Å². The van der Waals surface area contributed by atoms with Gasteiger partial charge in [-0.15, -0.1) is 0 Å². The van der Waals surface area contributed by atoms with Gasteiger partial charge in [0.15, 0.2) is 0 Å². The third-order valence-corrected chi connectivity index (χ3v) is 4.56.